The van der Waals surface area contributed by atoms with Gasteiger partial charge in [0.1, 0.15) is 5.69 Å². The van der Waals surface area contributed by atoms with Gasteiger partial charge in [-0.05, 0) is 30.3 Å². The summed E-state index contributed by atoms with van der Waals surface area (Å²) in [6.45, 7) is 4.40. The molecular formula is C17H19N5O3. The summed E-state index contributed by atoms with van der Waals surface area (Å²) in [7, 11) is 1.65. The van der Waals surface area contributed by atoms with Crippen LogP contribution in [0.3, 0.4) is 0 Å². The molecule has 8 nitrogen and oxygen atoms in total. The van der Waals surface area contributed by atoms with Crippen molar-refractivity contribution in [2.45, 2.75) is 12.6 Å². The number of nitrogens with zero attached hydrogens (tertiary/aromatic N) is 5. The van der Waals surface area contributed by atoms with Gasteiger partial charge < -0.3 is 14.9 Å². The monoisotopic (exact) mass is 341 g/mol. The lowest BCUT2D eigenvalue weighted by atomic mass is 10.1. The minimum Gasteiger partial charge on any atom is -0.390 e. The molecule has 1 aromatic carbocycles. The molecule has 1 saturated heterocycles. The normalized spacial score (nSPS) is 14.1. The van der Waals surface area contributed by atoms with Crippen molar-refractivity contribution in [2.24, 2.45) is 0 Å². The van der Waals surface area contributed by atoms with Gasteiger partial charge in [0.2, 0.25) is 5.91 Å². The van der Waals surface area contributed by atoms with Crippen molar-refractivity contribution in [3.05, 3.63) is 54.4 Å². The van der Waals surface area contributed by atoms with Crippen molar-refractivity contribution < 1.29 is 14.7 Å². The smallest absolute Gasteiger partial charge is 0.254 e. The molecule has 1 fully saturated rings. The van der Waals surface area contributed by atoms with Crippen LogP contribution in [0.25, 0.3) is 0 Å². The average molecular weight is 341 g/mol. The first-order chi connectivity index (χ1) is 12.0. The van der Waals surface area contributed by atoms with Crippen molar-refractivity contribution in [1.29, 1.82) is 0 Å². The summed E-state index contributed by atoms with van der Waals surface area (Å²) in [5.41, 5.74) is 1.77. The number of anilines is 1. The number of aliphatic hydroxyl groups excluding tert-OH is 1. The third-order valence-corrected chi connectivity index (χ3v) is 4.25. The van der Waals surface area contributed by atoms with E-state index in [4.69, 9.17) is 5.11 Å². The summed E-state index contributed by atoms with van der Waals surface area (Å²) in [6, 6.07) is 6.95. The highest BCUT2D eigenvalue weighted by atomic mass is 16.3. The summed E-state index contributed by atoms with van der Waals surface area (Å²) in [4.78, 5) is 27.3. The predicted molar refractivity (Wildman–Crippen MR) is 90.9 cm³/mol. The van der Waals surface area contributed by atoms with E-state index in [9.17, 15) is 9.59 Å². The first-order valence-electron chi connectivity index (χ1n) is 7.84. The van der Waals surface area contributed by atoms with E-state index in [-0.39, 0.29) is 24.5 Å². The van der Waals surface area contributed by atoms with E-state index in [0.29, 0.717) is 30.0 Å². The number of likely N-dealkylation sites (N-methyl/N-ethyl adjacent to an activating group) is 1. The summed E-state index contributed by atoms with van der Waals surface area (Å²) in [5, 5.41) is 16.8. The van der Waals surface area contributed by atoms with E-state index in [1.54, 1.807) is 47.1 Å². The van der Waals surface area contributed by atoms with Crippen LogP contribution in [-0.2, 0) is 11.4 Å². The molecule has 2 aromatic rings. The van der Waals surface area contributed by atoms with Crippen LogP contribution in [0.5, 0.6) is 0 Å². The highest BCUT2D eigenvalue weighted by Crippen LogP contribution is 2.23. The van der Waals surface area contributed by atoms with E-state index >= 15 is 0 Å². The maximum Gasteiger partial charge on any atom is 0.254 e. The van der Waals surface area contributed by atoms with E-state index in [1.165, 1.54) is 11.0 Å². The van der Waals surface area contributed by atoms with E-state index in [2.05, 4.69) is 16.9 Å². The Morgan fingerprint density at radius 3 is 2.60 bits per heavy atom. The second-order valence-electron chi connectivity index (χ2n) is 5.86. The number of likely N-dealkylation sites (tertiary alicyclic amines) is 1. The first-order valence-corrected chi connectivity index (χ1v) is 7.84. The average Bonchev–Trinajstić information content (AvgIpc) is 3.07. The van der Waals surface area contributed by atoms with Crippen molar-refractivity contribution >= 4 is 17.5 Å². The van der Waals surface area contributed by atoms with Crippen LogP contribution in [0.2, 0.25) is 0 Å². The molecule has 0 bridgehead atoms. The molecule has 130 valence electrons. The molecular weight excluding hydrogens is 322 g/mol. The van der Waals surface area contributed by atoms with Gasteiger partial charge in [0, 0.05) is 31.4 Å². The number of hydrogen-bond donors (Lipinski definition) is 1. The molecule has 2 amide bonds. The van der Waals surface area contributed by atoms with Gasteiger partial charge in [0.15, 0.2) is 0 Å². The lowest BCUT2D eigenvalue weighted by Gasteiger charge is -2.38. The third-order valence-electron chi connectivity index (χ3n) is 4.25. The molecule has 0 unspecified atom stereocenters. The van der Waals surface area contributed by atoms with Crippen LogP contribution in [0.1, 0.15) is 22.1 Å². The number of aromatic nitrogens is 3. The van der Waals surface area contributed by atoms with Crippen molar-refractivity contribution in [2.75, 3.05) is 25.0 Å². The van der Waals surface area contributed by atoms with Crippen LogP contribution in [-0.4, -0.2) is 57.0 Å². The fourth-order valence-corrected chi connectivity index (χ4v) is 2.63. The Hall–Kier alpha value is -3.00. The van der Waals surface area contributed by atoms with Crippen LogP contribution >= 0.6 is 0 Å². The zero-order chi connectivity index (χ0) is 18.0. The Balaban J connectivity index is 1.61. The summed E-state index contributed by atoms with van der Waals surface area (Å²) < 4.78 is 1.67. The van der Waals surface area contributed by atoms with Crippen molar-refractivity contribution in [3.63, 3.8) is 0 Å². The number of rotatable bonds is 5. The topological polar surface area (TPSA) is 91.6 Å². The van der Waals surface area contributed by atoms with Crippen molar-refractivity contribution in [1.82, 2.24) is 19.9 Å². The standard InChI is InChI=1S/C17H19N5O3/c1-3-16(24)20(2)14-6-4-12(5-7-14)17(25)21-9-15(10-21)22-8-13(11-23)18-19-22/h3-8,15,23H,1,9-11H2,2H3. The summed E-state index contributed by atoms with van der Waals surface area (Å²) in [6.07, 6.45) is 2.93. The molecule has 1 aliphatic rings. The molecule has 2 heterocycles. The van der Waals surface area contributed by atoms with Crippen LogP contribution in [0.15, 0.2) is 43.1 Å². The van der Waals surface area contributed by atoms with Crippen molar-refractivity contribution in [3.8, 4) is 0 Å². The van der Waals surface area contributed by atoms with Gasteiger partial charge in [-0.25, -0.2) is 4.68 Å². The Labute approximate surface area is 145 Å². The lowest BCUT2D eigenvalue weighted by Crippen LogP contribution is -2.50. The number of hydrogen-bond acceptors (Lipinski definition) is 5. The molecule has 0 aliphatic carbocycles. The molecule has 0 saturated carbocycles. The Morgan fingerprint density at radius 1 is 1.36 bits per heavy atom. The number of carbonyl (C=O) groups excluding carboxylic acids is 2. The number of aliphatic hydroxyl groups is 1. The van der Waals surface area contributed by atoms with Gasteiger partial charge in [-0.3, -0.25) is 9.59 Å². The lowest BCUT2D eigenvalue weighted by molar-refractivity contribution is -0.113. The van der Waals surface area contributed by atoms with Gasteiger partial charge in [-0.1, -0.05) is 11.8 Å². The zero-order valence-electron chi connectivity index (χ0n) is 13.9. The minimum absolute atomic E-state index is 0.0667. The SMILES string of the molecule is C=CC(=O)N(C)c1ccc(C(=O)N2CC(n3cc(CO)nn3)C2)cc1. The summed E-state index contributed by atoms with van der Waals surface area (Å²) in [5.74, 6) is -0.275. The maximum atomic E-state index is 12.5. The van der Waals surface area contributed by atoms with E-state index in [1.807, 2.05) is 0 Å². The van der Waals surface area contributed by atoms with E-state index in [0.717, 1.165) is 0 Å². The number of amides is 2. The van der Waals surface area contributed by atoms with Gasteiger partial charge in [-0.2, -0.15) is 0 Å². The highest BCUT2D eigenvalue weighted by molar-refractivity contribution is 6.01. The molecule has 3 rings (SSSR count). The van der Waals surface area contributed by atoms with Gasteiger partial charge in [0.05, 0.1) is 18.8 Å². The number of carbonyl (C=O) groups is 2. The Bertz CT molecular complexity index is 793. The first kappa shape index (κ1) is 16.8. The largest absolute Gasteiger partial charge is 0.390 e. The number of benzene rings is 1. The zero-order valence-corrected chi connectivity index (χ0v) is 13.9. The van der Waals surface area contributed by atoms with Crippen LogP contribution < -0.4 is 4.90 Å². The van der Waals surface area contributed by atoms with Crippen LogP contribution in [0, 0.1) is 0 Å². The van der Waals surface area contributed by atoms with E-state index < -0.39 is 0 Å². The highest BCUT2D eigenvalue weighted by Gasteiger charge is 2.33. The quantitative estimate of drug-likeness (QED) is 0.805. The molecule has 1 aliphatic heterocycles. The minimum atomic E-state index is -0.209. The van der Waals surface area contributed by atoms with Crippen LogP contribution in [0.4, 0.5) is 5.69 Å². The fourth-order valence-electron chi connectivity index (χ4n) is 2.63. The molecule has 25 heavy (non-hydrogen) atoms. The third kappa shape index (κ3) is 3.29. The second-order valence-corrected chi connectivity index (χ2v) is 5.86. The molecule has 0 atom stereocenters. The fraction of sp³-hybridized carbons (Fsp3) is 0.294. The van der Waals surface area contributed by atoms with Gasteiger partial charge in [0.25, 0.3) is 5.91 Å². The van der Waals surface area contributed by atoms with Gasteiger partial charge >= 0.3 is 0 Å². The molecule has 1 N–H and O–H groups in total. The molecule has 0 spiro atoms. The Morgan fingerprint density at radius 2 is 2.04 bits per heavy atom. The molecule has 8 heteroatoms. The summed E-state index contributed by atoms with van der Waals surface area (Å²) >= 11 is 0. The Kier molecular flexibility index (Phi) is 4.62. The molecule has 1 aromatic heterocycles. The molecule has 0 radical (unpaired) electrons. The second kappa shape index (κ2) is 6.86. The predicted octanol–water partition coefficient (Wildman–Crippen LogP) is 0.616. The maximum absolute atomic E-state index is 12.5. The van der Waals surface area contributed by atoms with Gasteiger partial charge in [-0.15, -0.1) is 5.10 Å².